The van der Waals surface area contributed by atoms with E-state index in [4.69, 9.17) is 0 Å². The number of fused-ring (bicyclic) bond motifs is 8. The molecule has 0 unspecified atom stereocenters. The van der Waals surface area contributed by atoms with Gasteiger partial charge in [0.25, 0.3) is 6.71 Å². The lowest BCUT2D eigenvalue weighted by molar-refractivity contribution is 0.332. The Bertz CT molecular complexity index is 3140. The molecule has 0 saturated heterocycles. The average molecular weight is 937 g/mol. The molecular weight excluding hydrogens is 856 g/mol. The maximum atomic E-state index is 2.80. The number of benzene rings is 6. The van der Waals surface area contributed by atoms with E-state index < -0.39 is 0 Å². The van der Waals surface area contributed by atoms with Crippen LogP contribution in [0.15, 0.2) is 91.0 Å². The van der Waals surface area contributed by atoms with Gasteiger partial charge in [-0.15, -0.1) is 0 Å². The van der Waals surface area contributed by atoms with Crippen molar-refractivity contribution in [1.29, 1.82) is 0 Å². The summed E-state index contributed by atoms with van der Waals surface area (Å²) < 4.78 is 0. The van der Waals surface area contributed by atoms with Crippen LogP contribution >= 0.6 is 0 Å². The van der Waals surface area contributed by atoms with Crippen molar-refractivity contribution in [2.75, 3.05) is 9.80 Å². The van der Waals surface area contributed by atoms with E-state index in [9.17, 15) is 0 Å². The van der Waals surface area contributed by atoms with Gasteiger partial charge in [-0.3, -0.25) is 0 Å². The van der Waals surface area contributed by atoms with Crippen molar-refractivity contribution >= 4 is 57.2 Å². The van der Waals surface area contributed by atoms with E-state index in [1.165, 1.54) is 161 Å². The minimum Gasteiger partial charge on any atom is -0.311 e. The Hall–Kier alpha value is -5.02. The molecule has 6 aromatic rings. The summed E-state index contributed by atoms with van der Waals surface area (Å²) in [6.45, 7) is 34.3. The molecule has 0 fully saturated rings. The van der Waals surface area contributed by atoms with Gasteiger partial charge < -0.3 is 9.80 Å². The van der Waals surface area contributed by atoms with Crippen LogP contribution in [0.5, 0.6) is 0 Å². The van der Waals surface area contributed by atoms with E-state index >= 15 is 0 Å². The zero-order valence-corrected chi connectivity index (χ0v) is 46.1. The average Bonchev–Trinajstić information content (AvgIpc) is 3.32. The van der Waals surface area contributed by atoms with Gasteiger partial charge in [0.1, 0.15) is 0 Å². The predicted molar refractivity (Wildman–Crippen MR) is 307 cm³/mol. The third-order valence-electron chi connectivity index (χ3n) is 19.3. The monoisotopic (exact) mass is 937 g/mol. The van der Waals surface area contributed by atoms with Crippen LogP contribution in [-0.2, 0) is 58.2 Å². The largest absolute Gasteiger partial charge is 0.311 e. The Labute approximate surface area is 429 Å². The lowest BCUT2D eigenvalue weighted by Crippen LogP contribution is -2.62. The van der Waals surface area contributed by atoms with Gasteiger partial charge in [-0.1, -0.05) is 139 Å². The molecule has 2 aliphatic heterocycles. The Morgan fingerprint density at radius 1 is 0.408 bits per heavy atom. The Morgan fingerprint density at radius 2 is 0.873 bits per heavy atom. The van der Waals surface area contributed by atoms with Crippen LogP contribution in [0.2, 0.25) is 0 Å². The standard InChI is InChI=1S/C68H81BN2/c1-63(2,3)45-23-26-47(27-24-45)70-57-30-25-46(64(4,5)6)38-55(57)69-56-40-53-54(68(13,14)34-33-67(53,11)12)41-58(56)71(48-28-29-51-52(39-48)66(9,10)32-31-65(51,7)8)60-37-44(36-59(70)62(60)69)61-49-21-17-15-19-42(49)35-43-20-16-18-22-50(43)61/h23-30,35-41H,15-22,31-34H2,1-14H3. The molecule has 2 nitrogen and oxygen atoms in total. The fourth-order valence-corrected chi connectivity index (χ4v) is 14.5. The van der Waals surface area contributed by atoms with Gasteiger partial charge >= 0.3 is 0 Å². The van der Waals surface area contributed by atoms with E-state index in [0.717, 1.165) is 0 Å². The third-order valence-corrected chi connectivity index (χ3v) is 19.3. The molecule has 366 valence electrons. The Morgan fingerprint density at radius 3 is 1.44 bits per heavy atom. The first-order valence-corrected chi connectivity index (χ1v) is 28.0. The highest BCUT2D eigenvalue weighted by atomic mass is 15.2. The van der Waals surface area contributed by atoms with Crippen LogP contribution in [0.4, 0.5) is 34.1 Å². The van der Waals surface area contributed by atoms with E-state index in [0.29, 0.717) is 0 Å². The molecule has 0 spiro atoms. The maximum Gasteiger partial charge on any atom is 0.252 e. The van der Waals surface area contributed by atoms with Crippen LogP contribution in [0.3, 0.4) is 0 Å². The highest BCUT2D eigenvalue weighted by Crippen LogP contribution is 2.54. The van der Waals surface area contributed by atoms with Gasteiger partial charge in [-0.05, 0) is 241 Å². The first-order valence-electron chi connectivity index (χ1n) is 28.0. The molecule has 2 heterocycles. The Balaban J connectivity index is 1.24. The zero-order valence-electron chi connectivity index (χ0n) is 46.1. The minimum absolute atomic E-state index is 0.0121. The van der Waals surface area contributed by atoms with Gasteiger partial charge in [0.15, 0.2) is 0 Å². The molecule has 12 rings (SSSR count). The normalized spacial score (nSPS) is 19.9. The van der Waals surface area contributed by atoms with Crippen molar-refractivity contribution < 1.29 is 0 Å². The van der Waals surface area contributed by atoms with Crippen molar-refractivity contribution in [3.63, 3.8) is 0 Å². The van der Waals surface area contributed by atoms with Crippen LogP contribution in [0, 0.1) is 0 Å². The number of nitrogens with zero attached hydrogens (tertiary/aromatic N) is 2. The van der Waals surface area contributed by atoms with Crippen LogP contribution in [-0.4, -0.2) is 6.71 Å². The van der Waals surface area contributed by atoms with Gasteiger partial charge in [0.05, 0.1) is 0 Å². The van der Waals surface area contributed by atoms with Gasteiger partial charge in [-0.25, -0.2) is 0 Å². The molecule has 4 aliphatic carbocycles. The van der Waals surface area contributed by atoms with Crippen LogP contribution in [0.1, 0.15) is 204 Å². The second kappa shape index (κ2) is 15.7. The summed E-state index contributed by atoms with van der Waals surface area (Å²) in [7, 11) is 0. The minimum atomic E-state index is -0.0121. The molecule has 0 aromatic heterocycles. The summed E-state index contributed by atoms with van der Waals surface area (Å²) in [4.78, 5) is 5.49. The fraction of sp³-hybridized carbons (Fsp3) is 0.471. The molecule has 6 aliphatic rings. The molecule has 71 heavy (non-hydrogen) atoms. The first-order chi connectivity index (χ1) is 33.4. The smallest absolute Gasteiger partial charge is 0.252 e. The highest BCUT2D eigenvalue weighted by molar-refractivity contribution is 7.00. The second-order valence-electron chi connectivity index (χ2n) is 28.0. The molecule has 0 N–H and O–H groups in total. The summed E-state index contributed by atoms with van der Waals surface area (Å²) in [5.41, 5.74) is 31.0. The summed E-state index contributed by atoms with van der Waals surface area (Å²) in [5, 5.41) is 0. The molecule has 6 aromatic carbocycles. The topological polar surface area (TPSA) is 6.48 Å². The van der Waals surface area contributed by atoms with Crippen molar-refractivity contribution in [2.24, 2.45) is 0 Å². The number of aryl methyl sites for hydroxylation is 2. The number of rotatable bonds is 3. The van der Waals surface area contributed by atoms with E-state index in [1.807, 2.05) is 0 Å². The van der Waals surface area contributed by atoms with Crippen molar-refractivity contribution in [3.05, 3.63) is 147 Å². The lowest BCUT2D eigenvalue weighted by Gasteiger charge is -2.48. The van der Waals surface area contributed by atoms with Crippen molar-refractivity contribution in [2.45, 2.75) is 206 Å². The molecule has 0 atom stereocenters. The molecule has 0 amide bonds. The molecular formula is C68H81BN2. The molecule has 0 saturated carbocycles. The molecule has 0 bridgehead atoms. The summed E-state index contributed by atoms with van der Waals surface area (Å²) >= 11 is 0. The number of anilines is 6. The fourth-order valence-electron chi connectivity index (χ4n) is 14.5. The van der Waals surface area contributed by atoms with Gasteiger partial charge in [-0.2, -0.15) is 0 Å². The van der Waals surface area contributed by atoms with Gasteiger partial charge in [0, 0.05) is 34.1 Å². The van der Waals surface area contributed by atoms with E-state index in [-0.39, 0.29) is 39.2 Å². The SMILES string of the molecule is CC(C)(C)c1ccc(N2c3ccc(C(C)(C)C)cc3B3c4cc5c(cc4N(c4ccc6c(c4)C(C)(C)CCC6(C)C)c4cc(-c6c7c(cc8c6CCCC8)CCCC7)cc2c43)C(C)(C)CCC5(C)C)cc1. The Kier molecular flexibility index (Phi) is 10.4. The highest BCUT2D eigenvalue weighted by Gasteiger charge is 2.48. The molecule has 3 heteroatoms. The maximum absolute atomic E-state index is 2.80. The predicted octanol–water partition coefficient (Wildman–Crippen LogP) is 16.5. The van der Waals surface area contributed by atoms with Gasteiger partial charge in [0.2, 0.25) is 0 Å². The summed E-state index contributed by atoms with van der Waals surface area (Å²) in [5.74, 6) is 0. The van der Waals surface area contributed by atoms with Crippen molar-refractivity contribution in [3.8, 4) is 11.1 Å². The summed E-state index contributed by atoms with van der Waals surface area (Å²) in [6, 6.07) is 38.4. The number of hydrogen-bond donors (Lipinski definition) is 0. The first kappa shape index (κ1) is 47.0. The van der Waals surface area contributed by atoms with Crippen molar-refractivity contribution in [1.82, 2.24) is 0 Å². The van der Waals surface area contributed by atoms with E-state index in [1.54, 1.807) is 33.4 Å². The van der Waals surface area contributed by atoms with Crippen LogP contribution in [0.25, 0.3) is 11.1 Å². The third kappa shape index (κ3) is 7.37. The zero-order chi connectivity index (χ0) is 49.9. The second-order valence-corrected chi connectivity index (χ2v) is 28.0. The quantitative estimate of drug-likeness (QED) is 0.163. The summed E-state index contributed by atoms with van der Waals surface area (Å²) in [6.07, 6.45) is 14.6. The van der Waals surface area contributed by atoms with E-state index in [2.05, 4.69) is 198 Å². The molecule has 0 radical (unpaired) electrons. The van der Waals surface area contributed by atoms with Crippen LogP contribution < -0.4 is 26.2 Å². The number of hydrogen-bond acceptors (Lipinski definition) is 2. The lowest BCUT2D eigenvalue weighted by atomic mass is 9.33.